The third-order valence-corrected chi connectivity index (χ3v) is 2.87. The van der Waals surface area contributed by atoms with E-state index in [2.05, 4.69) is 10.3 Å². The summed E-state index contributed by atoms with van der Waals surface area (Å²) in [4.78, 5) is 4.15. The zero-order chi connectivity index (χ0) is 10.2. The van der Waals surface area contributed by atoms with Crippen molar-refractivity contribution in [1.82, 2.24) is 9.55 Å². The summed E-state index contributed by atoms with van der Waals surface area (Å²) in [5.41, 5.74) is 0. The minimum atomic E-state index is 0.291. The fourth-order valence-corrected chi connectivity index (χ4v) is 1.82. The van der Waals surface area contributed by atoms with Crippen LogP contribution in [-0.2, 0) is 7.05 Å². The normalized spacial score (nSPS) is 10.4. The molecule has 0 aliphatic rings. The Balaban J connectivity index is 2.02. The van der Waals surface area contributed by atoms with Crippen LogP contribution >= 0.6 is 11.8 Å². The van der Waals surface area contributed by atoms with Gasteiger partial charge in [-0.25, -0.2) is 4.98 Å². The molecule has 0 bridgehead atoms. The predicted octanol–water partition coefficient (Wildman–Crippen LogP) is 0.948. The van der Waals surface area contributed by atoms with Crippen molar-refractivity contribution in [3.05, 3.63) is 12.4 Å². The predicted molar refractivity (Wildman–Crippen MR) is 60.7 cm³/mol. The first-order valence-corrected chi connectivity index (χ1v) is 5.90. The van der Waals surface area contributed by atoms with Gasteiger partial charge in [0.2, 0.25) is 5.95 Å². The fourth-order valence-electron chi connectivity index (χ4n) is 1.04. The number of aliphatic hydroxyl groups excluding tert-OH is 1. The molecule has 2 N–H and O–H groups in total. The van der Waals surface area contributed by atoms with Crippen molar-refractivity contribution in [3.8, 4) is 0 Å². The van der Waals surface area contributed by atoms with E-state index in [0.717, 1.165) is 30.4 Å². The van der Waals surface area contributed by atoms with E-state index in [9.17, 15) is 0 Å². The summed E-state index contributed by atoms with van der Waals surface area (Å²) in [6.45, 7) is 1.21. The average Bonchev–Trinajstić information content (AvgIpc) is 2.58. The zero-order valence-electron chi connectivity index (χ0n) is 8.44. The summed E-state index contributed by atoms with van der Waals surface area (Å²) in [6, 6.07) is 0. The first-order chi connectivity index (χ1) is 6.84. The van der Waals surface area contributed by atoms with Gasteiger partial charge in [0, 0.05) is 38.3 Å². The Morgan fingerprint density at radius 1 is 1.57 bits per heavy atom. The number of anilines is 1. The van der Waals surface area contributed by atoms with Gasteiger partial charge in [-0.2, -0.15) is 11.8 Å². The van der Waals surface area contributed by atoms with Gasteiger partial charge in [0.25, 0.3) is 0 Å². The number of hydrogen-bond acceptors (Lipinski definition) is 4. The largest absolute Gasteiger partial charge is 0.396 e. The van der Waals surface area contributed by atoms with Gasteiger partial charge < -0.3 is 15.0 Å². The van der Waals surface area contributed by atoms with Crippen molar-refractivity contribution < 1.29 is 5.11 Å². The van der Waals surface area contributed by atoms with Crippen LogP contribution in [0.25, 0.3) is 0 Å². The van der Waals surface area contributed by atoms with Crippen LogP contribution in [0.3, 0.4) is 0 Å². The molecule has 0 radical (unpaired) electrons. The van der Waals surface area contributed by atoms with Crippen LogP contribution in [0.15, 0.2) is 12.4 Å². The lowest BCUT2D eigenvalue weighted by Crippen LogP contribution is -2.08. The molecule has 1 heterocycles. The maximum Gasteiger partial charge on any atom is 0.202 e. The van der Waals surface area contributed by atoms with E-state index in [-0.39, 0.29) is 0 Å². The Kier molecular flexibility index (Phi) is 5.47. The molecular formula is C9H17N3OS. The molecule has 1 aromatic rings. The Morgan fingerprint density at radius 2 is 2.43 bits per heavy atom. The van der Waals surface area contributed by atoms with Crippen molar-refractivity contribution in [2.24, 2.45) is 7.05 Å². The highest BCUT2D eigenvalue weighted by Crippen LogP contribution is 2.04. The second kappa shape index (κ2) is 6.73. The molecule has 1 aromatic heterocycles. The number of aromatic nitrogens is 2. The van der Waals surface area contributed by atoms with Crippen molar-refractivity contribution in [1.29, 1.82) is 0 Å². The van der Waals surface area contributed by atoms with Gasteiger partial charge >= 0.3 is 0 Å². The number of imidazole rings is 1. The zero-order valence-corrected chi connectivity index (χ0v) is 9.26. The number of thioether (sulfide) groups is 1. The van der Waals surface area contributed by atoms with Gasteiger partial charge in [-0.15, -0.1) is 0 Å². The van der Waals surface area contributed by atoms with Crippen molar-refractivity contribution >= 4 is 17.7 Å². The maximum absolute atomic E-state index is 8.57. The molecule has 0 saturated carbocycles. The number of aryl methyl sites for hydroxylation is 1. The quantitative estimate of drug-likeness (QED) is 0.665. The van der Waals surface area contributed by atoms with Crippen LogP contribution < -0.4 is 5.32 Å². The smallest absolute Gasteiger partial charge is 0.202 e. The Hall–Kier alpha value is -0.680. The SMILES string of the molecule is Cn1ccnc1NCCSCCCO. The van der Waals surface area contributed by atoms with Crippen LogP contribution in [0.4, 0.5) is 5.95 Å². The molecule has 0 saturated heterocycles. The molecule has 0 fully saturated rings. The van der Waals surface area contributed by atoms with E-state index in [1.807, 2.05) is 29.6 Å². The van der Waals surface area contributed by atoms with Crippen LogP contribution in [0.2, 0.25) is 0 Å². The van der Waals surface area contributed by atoms with Crippen LogP contribution in [0.5, 0.6) is 0 Å². The highest BCUT2D eigenvalue weighted by molar-refractivity contribution is 7.99. The van der Waals surface area contributed by atoms with Gasteiger partial charge in [-0.3, -0.25) is 0 Å². The lowest BCUT2D eigenvalue weighted by Gasteiger charge is -2.05. The summed E-state index contributed by atoms with van der Waals surface area (Å²) in [6.07, 6.45) is 4.58. The van der Waals surface area contributed by atoms with E-state index in [4.69, 9.17) is 5.11 Å². The molecule has 0 unspecified atom stereocenters. The number of nitrogens with zero attached hydrogens (tertiary/aromatic N) is 2. The van der Waals surface area contributed by atoms with Crippen molar-refractivity contribution in [2.45, 2.75) is 6.42 Å². The second-order valence-electron chi connectivity index (χ2n) is 2.98. The minimum absolute atomic E-state index is 0.291. The average molecular weight is 215 g/mol. The Morgan fingerprint density at radius 3 is 3.07 bits per heavy atom. The highest BCUT2D eigenvalue weighted by Gasteiger charge is 1.96. The third-order valence-electron chi connectivity index (χ3n) is 1.80. The van der Waals surface area contributed by atoms with E-state index in [1.54, 1.807) is 6.20 Å². The first-order valence-electron chi connectivity index (χ1n) is 4.74. The molecular weight excluding hydrogens is 198 g/mol. The molecule has 0 aliphatic heterocycles. The highest BCUT2D eigenvalue weighted by atomic mass is 32.2. The summed E-state index contributed by atoms with van der Waals surface area (Å²) in [5.74, 6) is 2.98. The van der Waals surface area contributed by atoms with Crippen molar-refractivity contribution in [2.75, 3.05) is 30.0 Å². The Bertz CT molecular complexity index is 252. The third kappa shape index (κ3) is 4.02. The summed E-state index contributed by atoms with van der Waals surface area (Å²) in [5, 5.41) is 11.8. The number of aliphatic hydroxyl groups is 1. The first kappa shape index (κ1) is 11.4. The molecule has 0 aliphatic carbocycles. The summed E-state index contributed by atoms with van der Waals surface area (Å²) >= 11 is 1.85. The molecule has 0 atom stereocenters. The lowest BCUT2D eigenvalue weighted by atomic mass is 10.5. The molecule has 0 spiro atoms. The van der Waals surface area contributed by atoms with Crippen LogP contribution in [0.1, 0.15) is 6.42 Å². The lowest BCUT2D eigenvalue weighted by molar-refractivity contribution is 0.296. The number of hydrogen-bond donors (Lipinski definition) is 2. The van der Waals surface area contributed by atoms with E-state index < -0.39 is 0 Å². The Labute approximate surface area is 88.7 Å². The van der Waals surface area contributed by atoms with Crippen LogP contribution in [0, 0.1) is 0 Å². The van der Waals surface area contributed by atoms with Gasteiger partial charge in [0.05, 0.1) is 0 Å². The standard InChI is InChI=1S/C9H17N3OS/c1-12-5-3-10-9(12)11-4-8-14-7-2-6-13/h3,5,13H,2,4,6-8H2,1H3,(H,10,11). The number of nitrogens with one attached hydrogen (secondary N) is 1. The maximum atomic E-state index is 8.57. The molecule has 0 amide bonds. The van der Waals surface area contributed by atoms with Gasteiger partial charge in [0.1, 0.15) is 0 Å². The molecule has 4 nitrogen and oxygen atoms in total. The van der Waals surface area contributed by atoms with E-state index in [0.29, 0.717) is 6.61 Å². The summed E-state index contributed by atoms with van der Waals surface area (Å²) in [7, 11) is 1.97. The minimum Gasteiger partial charge on any atom is -0.396 e. The fraction of sp³-hybridized carbons (Fsp3) is 0.667. The van der Waals surface area contributed by atoms with Crippen LogP contribution in [-0.4, -0.2) is 39.3 Å². The monoisotopic (exact) mass is 215 g/mol. The summed E-state index contributed by atoms with van der Waals surface area (Å²) < 4.78 is 1.96. The van der Waals surface area contributed by atoms with Gasteiger partial charge in [-0.1, -0.05) is 0 Å². The molecule has 5 heteroatoms. The topological polar surface area (TPSA) is 50.1 Å². The van der Waals surface area contributed by atoms with Gasteiger partial charge in [-0.05, 0) is 12.2 Å². The molecule has 80 valence electrons. The number of rotatable bonds is 7. The molecule has 0 aromatic carbocycles. The van der Waals surface area contributed by atoms with Crippen molar-refractivity contribution in [3.63, 3.8) is 0 Å². The molecule has 14 heavy (non-hydrogen) atoms. The van der Waals surface area contributed by atoms with E-state index >= 15 is 0 Å². The van der Waals surface area contributed by atoms with Gasteiger partial charge in [0.15, 0.2) is 0 Å². The molecule has 1 rings (SSSR count). The van der Waals surface area contributed by atoms with E-state index in [1.165, 1.54) is 0 Å². The second-order valence-corrected chi connectivity index (χ2v) is 4.20.